The molecule has 0 radical (unpaired) electrons. The number of hydrogen-bond acceptors (Lipinski definition) is 5. The van der Waals surface area contributed by atoms with Crippen LogP contribution in [-0.2, 0) is 5.41 Å². The van der Waals surface area contributed by atoms with E-state index in [0.717, 1.165) is 5.56 Å². The number of nitro benzene ring substituents is 1. The molecule has 0 aliphatic heterocycles. The van der Waals surface area contributed by atoms with E-state index in [2.05, 4.69) is 31.0 Å². The average Bonchev–Trinajstić information content (AvgIpc) is 3.04. The summed E-state index contributed by atoms with van der Waals surface area (Å²) in [4.78, 5) is 10.4. The Balaban J connectivity index is 1.91. The SMILES string of the molecule is CC(C)(C)c1ccc(-c2nnc(-c3cccc([N+](=O)[O-])c3)o2)cc1. The van der Waals surface area contributed by atoms with Crippen molar-refractivity contribution in [2.75, 3.05) is 0 Å². The van der Waals surface area contributed by atoms with Crippen LogP contribution in [0.25, 0.3) is 22.9 Å². The van der Waals surface area contributed by atoms with E-state index in [4.69, 9.17) is 4.42 Å². The molecule has 6 nitrogen and oxygen atoms in total. The summed E-state index contributed by atoms with van der Waals surface area (Å²) in [6.07, 6.45) is 0. The summed E-state index contributed by atoms with van der Waals surface area (Å²) in [5.74, 6) is 0.644. The molecule has 1 aromatic heterocycles. The first kappa shape index (κ1) is 15.9. The molecule has 0 N–H and O–H groups in total. The van der Waals surface area contributed by atoms with Gasteiger partial charge in [-0.1, -0.05) is 39.0 Å². The Kier molecular flexibility index (Phi) is 3.89. The van der Waals surface area contributed by atoms with Gasteiger partial charge in [-0.05, 0) is 29.2 Å². The molecular weight excluding hydrogens is 306 g/mol. The molecule has 122 valence electrons. The summed E-state index contributed by atoms with van der Waals surface area (Å²) in [5.41, 5.74) is 2.61. The van der Waals surface area contributed by atoms with Gasteiger partial charge in [-0.2, -0.15) is 0 Å². The quantitative estimate of drug-likeness (QED) is 0.519. The van der Waals surface area contributed by atoms with Crippen LogP contribution < -0.4 is 0 Å². The van der Waals surface area contributed by atoms with Gasteiger partial charge in [-0.25, -0.2) is 0 Å². The minimum absolute atomic E-state index is 0.0122. The molecule has 3 rings (SSSR count). The van der Waals surface area contributed by atoms with Crippen LogP contribution in [0.3, 0.4) is 0 Å². The number of rotatable bonds is 3. The molecule has 0 unspecified atom stereocenters. The lowest BCUT2D eigenvalue weighted by Crippen LogP contribution is -2.10. The number of nitrogens with zero attached hydrogens (tertiary/aromatic N) is 3. The zero-order valence-corrected chi connectivity index (χ0v) is 13.7. The van der Waals surface area contributed by atoms with Crippen molar-refractivity contribution < 1.29 is 9.34 Å². The van der Waals surface area contributed by atoms with E-state index in [9.17, 15) is 10.1 Å². The van der Waals surface area contributed by atoms with Crippen LogP contribution in [0.15, 0.2) is 52.9 Å². The highest BCUT2D eigenvalue weighted by Crippen LogP contribution is 2.28. The molecule has 0 bridgehead atoms. The Morgan fingerprint density at radius 3 is 2.17 bits per heavy atom. The summed E-state index contributed by atoms with van der Waals surface area (Å²) in [6.45, 7) is 6.44. The fourth-order valence-electron chi connectivity index (χ4n) is 2.32. The standard InChI is InChI=1S/C18H17N3O3/c1-18(2,3)14-9-7-12(8-10-14)16-19-20-17(24-16)13-5-4-6-15(11-13)21(22)23/h4-11H,1-3H3. The molecule has 1 heterocycles. The highest BCUT2D eigenvalue weighted by Gasteiger charge is 2.16. The van der Waals surface area contributed by atoms with Gasteiger partial charge in [0.15, 0.2) is 0 Å². The first-order chi connectivity index (χ1) is 11.3. The summed E-state index contributed by atoms with van der Waals surface area (Å²) < 4.78 is 5.67. The van der Waals surface area contributed by atoms with E-state index in [1.807, 2.05) is 24.3 Å². The summed E-state index contributed by atoms with van der Waals surface area (Å²) in [7, 11) is 0. The fourth-order valence-corrected chi connectivity index (χ4v) is 2.32. The third-order valence-corrected chi connectivity index (χ3v) is 3.73. The van der Waals surface area contributed by atoms with Crippen LogP contribution in [0.1, 0.15) is 26.3 Å². The van der Waals surface area contributed by atoms with Crippen LogP contribution in [-0.4, -0.2) is 15.1 Å². The maximum Gasteiger partial charge on any atom is 0.270 e. The summed E-state index contributed by atoms with van der Waals surface area (Å²) in [6, 6.07) is 14.1. The number of hydrogen-bond donors (Lipinski definition) is 0. The average molecular weight is 323 g/mol. The van der Waals surface area contributed by atoms with Gasteiger partial charge in [-0.3, -0.25) is 10.1 Å². The van der Waals surface area contributed by atoms with Crippen molar-refractivity contribution in [2.45, 2.75) is 26.2 Å². The normalized spacial score (nSPS) is 11.5. The van der Waals surface area contributed by atoms with Crippen molar-refractivity contribution in [1.29, 1.82) is 0 Å². The number of aromatic nitrogens is 2. The van der Waals surface area contributed by atoms with Gasteiger partial charge in [0.2, 0.25) is 11.8 Å². The number of non-ortho nitro benzene ring substituents is 1. The van der Waals surface area contributed by atoms with Crippen molar-refractivity contribution in [3.63, 3.8) is 0 Å². The molecule has 3 aromatic rings. The van der Waals surface area contributed by atoms with Crippen molar-refractivity contribution in [1.82, 2.24) is 10.2 Å². The summed E-state index contributed by atoms with van der Waals surface area (Å²) in [5, 5.41) is 18.9. The smallest absolute Gasteiger partial charge is 0.270 e. The maximum atomic E-state index is 10.9. The van der Waals surface area contributed by atoms with Crippen LogP contribution in [0.5, 0.6) is 0 Å². The molecule has 24 heavy (non-hydrogen) atoms. The van der Waals surface area contributed by atoms with E-state index >= 15 is 0 Å². The highest BCUT2D eigenvalue weighted by atomic mass is 16.6. The Morgan fingerprint density at radius 2 is 1.58 bits per heavy atom. The van der Waals surface area contributed by atoms with Crippen LogP contribution in [0.4, 0.5) is 5.69 Å². The second kappa shape index (κ2) is 5.88. The van der Waals surface area contributed by atoms with E-state index in [1.54, 1.807) is 12.1 Å². The van der Waals surface area contributed by atoms with Gasteiger partial charge in [0.05, 0.1) is 4.92 Å². The third-order valence-electron chi connectivity index (χ3n) is 3.73. The number of nitro groups is 1. The van der Waals surface area contributed by atoms with Gasteiger partial charge >= 0.3 is 0 Å². The van der Waals surface area contributed by atoms with Crippen molar-refractivity contribution >= 4 is 5.69 Å². The highest BCUT2D eigenvalue weighted by molar-refractivity contribution is 5.60. The van der Waals surface area contributed by atoms with Gasteiger partial charge in [0, 0.05) is 23.3 Å². The largest absolute Gasteiger partial charge is 0.416 e. The van der Waals surface area contributed by atoms with Crippen LogP contribution in [0, 0.1) is 10.1 Å². The molecule has 2 aromatic carbocycles. The molecule has 0 fully saturated rings. The molecule has 0 atom stereocenters. The molecule has 0 saturated heterocycles. The third kappa shape index (κ3) is 3.17. The molecule has 0 amide bonds. The molecule has 6 heteroatoms. The molecule has 0 spiro atoms. The van der Waals surface area contributed by atoms with Crippen molar-refractivity contribution in [2.24, 2.45) is 0 Å². The van der Waals surface area contributed by atoms with Crippen LogP contribution >= 0.6 is 0 Å². The minimum Gasteiger partial charge on any atom is -0.416 e. The maximum absolute atomic E-state index is 10.9. The lowest BCUT2D eigenvalue weighted by atomic mass is 9.87. The lowest BCUT2D eigenvalue weighted by molar-refractivity contribution is -0.384. The predicted molar refractivity (Wildman–Crippen MR) is 90.5 cm³/mol. The van der Waals surface area contributed by atoms with Crippen LogP contribution in [0.2, 0.25) is 0 Å². The zero-order chi connectivity index (χ0) is 17.3. The van der Waals surface area contributed by atoms with E-state index < -0.39 is 4.92 Å². The first-order valence-corrected chi connectivity index (χ1v) is 7.54. The second-order valence-electron chi connectivity index (χ2n) is 6.55. The Bertz CT molecular complexity index is 877. The minimum atomic E-state index is -0.452. The van der Waals surface area contributed by atoms with Gasteiger partial charge in [0.1, 0.15) is 0 Å². The predicted octanol–water partition coefficient (Wildman–Crippen LogP) is 4.61. The molecule has 0 saturated carbocycles. The van der Waals surface area contributed by atoms with Crippen molar-refractivity contribution in [3.8, 4) is 22.9 Å². The Hall–Kier alpha value is -3.02. The van der Waals surface area contributed by atoms with E-state index in [0.29, 0.717) is 11.5 Å². The zero-order valence-electron chi connectivity index (χ0n) is 13.7. The van der Waals surface area contributed by atoms with Crippen molar-refractivity contribution in [3.05, 3.63) is 64.2 Å². The molecular formula is C18H17N3O3. The lowest BCUT2D eigenvalue weighted by Gasteiger charge is -2.18. The van der Waals surface area contributed by atoms with Gasteiger partial charge < -0.3 is 4.42 Å². The monoisotopic (exact) mass is 323 g/mol. The first-order valence-electron chi connectivity index (χ1n) is 7.54. The Labute approximate surface area is 139 Å². The summed E-state index contributed by atoms with van der Waals surface area (Å²) >= 11 is 0. The van der Waals surface area contributed by atoms with E-state index in [1.165, 1.54) is 17.7 Å². The molecule has 0 aliphatic rings. The fraction of sp³-hybridized carbons (Fsp3) is 0.222. The second-order valence-corrected chi connectivity index (χ2v) is 6.55. The van der Waals surface area contributed by atoms with Gasteiger partial charge in [0.25, 0.3) is 5.69 Å². The van der Waals surface area contributed by atoms with Gasteiger partial charge in [-0.15, -0.1) is 10.2 Å². The molecule has 0 aliphatic carbocycles. The topological polar surface area (TPSA) is 82.1 Å². The number of benzene rings is 2. The Morgan fingerprint density at radius 1 is 0.958 bits per heavy atom. The van der Waals surface area contributed by atoms with E-state index in [-0.39, 0.29) is 17.0 Å².